The Morgan fingerprint density at radius 1 is 0.840 bits per heavy atom. The van der Waals surface area contributed by atoms with E-state index >= 15 is 0 Å². The van der Waals surface area contributed by atoms with E-state index in [1.54, 1.807) is 0 Å². The number of hydrazine groups is 1. The second kappa shape index (κ2) is 8.78. The summed E-state index contributed by atoms with van der Waals surface area (Å²) < 4.78 is 0. The first-order valence-electron chi connectivity index (χ1n) is 8.17. The molecule has 0 bridgehead atoms. The first kappa shape index (κ1) is 19.1. The van der Waals surface area contributed by atoms with E-state index in [4.69, 9.17) is 24.4 Å². The number of anilines is 2. The standard InChI is InChI=1S/C19H24N4S2/c1-12(2)15-8-10-16(11-9-15)20-18(24)22-23-19(25)21-17-7-5-6-13(3)14(17)4/h5-12H,1-4H3,(H2,20,22,24)(H2,21,23,25). The molecule has 0 fully saturated rings. The first-order valence-corrected chi connectivity index (χ1v) is 8.98. The number of nitrogens with one attached hydrogen (secondary N) is 4. The molecule has 2 aromatic rings. The van der Waals surface area contributed by atoms with Crippen LogP contribution < -0.4 is 21.5 Å². The van der Waals surface area contributed by atoms with Gasteiger partial charge >= 0.3 is 0 Å². The average molecular weight is 373 g/mol. The van der Waals surface area contributed by atoms with Crippen molar-refractivity contribution in [2.75, 3.05) is 10.6 Å². The molecule has 4 N–H and O–H groups in total. The molecular formula is C19H24N4S2. The van der Waals surface area contributed by atoms with Crippen molar-refractivity contribution in [2.45, 2.75) is 33.6 Å². The normalized spacial score (nSPS) is 10.3. The molecule has 0 heterocycles. The van der Waals surface area contributed by atoms with E-state index in [1.165, 1.54) is 11.1 Å². The van der Waals surface area contributed by atoms with E-state index in [9.17, 15) is 0 Å². The quantitative estimate of drug-likeness (QED) is 0.466. The number of hydrogen-bond acceptors (Lipinski definition) is 2. The Morgan fingerprint density at radius 2 is 1.44 bits per heavy atom. The van der Waals surface area contributed by atoms with Crippen molar-refractivity contribution in [3.8, 4) is 0 Å². The smallest absolute Gasteiger partial charge is 0.189 e. The molecule has 0 aliphatic rings. The molecule has 0 aromatic heterocycles. The molecule has 25 heavy (non-hydrogen) atoms. The van der Waals surface area contributed by atoms with Gasteiger partial charge in [-0.15, -0.1) is 0 Å². The van der Waals surface area contributed by atoms with E-state index < -0.39 is 0 Å². The minimum absolute atomic E-state index is 0.447. The average Bonchev–Trinajstić information content (AvgIpc) is 2.58. The fourth-order valence-electron chi connectivity index (χ4n) is 2.27. The predicted octanol–water partition coefficient (Wildman–Crippen LogP) is 4.61. The lowest BCUT2D eigenvalue weighted by Gasteiger charge is -2.16. The molecule has 0 radical (unpaired) electrons. The molecule has 0 unspecified atom stereocenters. The van der Waals surface area contributed by atoms with Gasteiger partial charge in [0.15, 0.2) is 10.2 Å². The summed E-state index contributed by atoms with van der Waals surface area (Å²) in [6.07, 6.45) is 0. The Balaban J connectivity index is 1.83. The van der Waals surface area contributed by atoms with E-state index in [1.807, 2.05) is 24.3 Å². The lowest BCUT2D eigenvalue weighted by molar-refractivity contribution is 0.866. The SMILES string of the molecule is Cc1cccc(NC(=S)NNC(=S)Nc2ccc(C(C)C)cc2)c1C. The van der Waals surface area contributed by atoms with Gasteiger partial charge in [-0.25, -0.2) is 0 Å². The number of aryl methyl sites for hydroxylation is 1. The molecule has 4 nitrogen and oxygen atoms in total. The van der Waals surface area contributed by atoms with E-state index in [0.717, 1.165) is 16.9 Å². The zero-order valence-electron chi connectivity index (χ0n) is 14.9. The van der Waals surface area contributed by atoms with Crippen molar-refractivity contribution >= 4 is 46.0 Å². The first-order chi connectivity index (χ1) is 11.9. The van der Waals surface area contributed by atoms with Crippen molar-refractivity contribution in [1.82, 2.24) is 10.9 Å². The lowest BCUT2D eigenvalue weighted by Crippen LogP contribution is -2.45. The Kier molecular flexibility index (Phi) is 6.73. The van der Waals surface area contributed by atoms with E-state index in [-0.39, 0.29) is 0 Å². The van der Waals surface area contributed by atoms with Crippen molar-refractivity contribution in [1.29, 1.82) is 0 Å². The highest BCUT2D eigenvalue weighted by Crippen LogP contribution is 2.18. The Hall–Kier alpha value is -2.18. The summed E-state index contributed by atoms with van der Waals surface area (Å²) in [4.78, 5) is 0. The Bertz CT molecular complexity index is 755. The highest BCUT2D eigenvalue weighted by atomic mass is 32.1. The van der Waals surface area contributed by atoms with E-state index in [0.29, 0.717) is 16.1 Å². The summed E-state index contributed by atoms with van der Waals surface area (Å²) in [7, 11) is 0. The summed E-state index contributed by atoms with van der Waals surface area (Å²) in [5, 5.41) is 7.18. The number of rotatable bonds is 3. The molecule has 0 spiro atoms. The van der Waals surface area contributed by atoms with Crippen LogP contribution in [0.3, 0.4) is 0 Å². The number of hydrogen-bond donors (Lipinski definition) is 4. The van der Waals surface area contributed by atoms with Crippen LogP contribution in [0.15, 0.2) is 42.5 Å². The monoisotopic (exact) mass is 372 g/mol. The van der Waals surface area contributed by atoms with Gasteiger partial charge in [-0.05, 0) is 79.1 Å². The van der Waals surface area contributed by atoms with Gasteiger partial charge in [0, 0.05) is 11.4 Å². The third-order valence-electron chi connectivity index (χ3n) is 3.98. The largest absolute Gasteiger partial charge is 0.331 e. The van der Waals surface area contributed by atoms with Crippen LogP contribution in [-0.4, -0.2) is 10.2 Å². The highest BCUT2D eigenvalue weighted by Gasteiger charge is 2.04. The van der Waals surface area contributed by atoms with Crippen LogP contribution >= 0.6 is 24.4 Å². The van der Waals surface area contributed by atoms with Gasteiger partial charge in [0.25, 0.3) is 0 Å². The van der Waals surface area contributed by atoms with Crippen LogP contribution in [-0.2, 0) is 0 Å². The summed E-state index contributed by atoms with van der Waals surface area (Å²) in [6.45, 7) is 8.46. The van der Waals surface area contributed by atoms with Crippen LogP contribution in [0.1, 0.15) is 36.5 Å². The van der Waals surface area contributed by atoms with Gasteiger partial charge in [0.1, 0.15) is 0 Å². The fourth-order valence-corrected chi connectivity index (χ4v) is 2.60. The van der Waals surface area contributed by atoms with Crippen molar-refractivity contribution < 1.29 is 0 Å². The molecular weight excluding hydrogens is 348 g/mol. The molecule has 132 valence electrons. The topological polar surface area (TPSA) is 48.1 Å². The summed E-state index contributed by atoms with van der Waals surface area (Å²) in [6, 6.07) is 14.3. The molecule has 2 rings (SSSR count). The predicted molar refractivity (Wildman–Crippen MR) is 115 cm³/mol. The second-order valence-corrected chi connectivity index (χ2v) is 7.00. The molecule has 0 amide bonds. The molecule has 2 aromatic carbocycles. The van der Waals surface area contributed by atoms with Gasteiger partial charge in [-0.2, -0.15) is 0 Å². The van der Waals surface area contributed by atoms with Crippen molar-refractivity contribution in [3.05, 3.63) is 59.2 Å². The Labute approximate surface area is 160 Å². The van der Waals surface area contributed by atoms with E-state index in [2.05, 4.69) is 67.4 Å². The molecule has 0 aliphatic heterocycles. The fraction of sp³-hybridized carbons (Fsp3) is 0.263. The van der Waals surface area contributed by atoms with Gasteiger partial charge in [-0.3, -0.25) is 10.9 Å². The Morgan fingerprint density at radius 3 is 2.04 bits per heavy atom. The minimum atomic E-state index is 0.447. The van der Waals surface area contributed by atoms with Crippen LogP contribution in [0, 0.1) is 13.8 Å². The minimum Gasteiger partial charge on any atom is -0.331 e. The zero-order chi connectivity index (χ0) is 18.4. The van der Waals surface area contributed by atoms with Gasteiger partial charge in [0.2, 0.25) is 0 Å². The zero-order valence-corrected chi connectivity index (χ0v) is 16.6. The molecule has 0 saturated heterocycles. The number of thiocarbonyl (C=S) groups is 2. The van der Waals surface area contributed by atoms with Crippen molar-refractivity contribution in [3.63, 3.8) is 0 Å². The van der Waals surface area contributed by atoms with Crippen LogP contribution in [0.4, 0.5) is 11.4 Å². The third-order valence-corrected chi connectivity index (χ3v) is 4.39. The number of benzene rings is 2. The molecule has 0 saturated carbocycles. The maximum absolute atomic E-state index is 5.30. The van der Waals surface area contributed by atoms with Crippen LogP contribution in [0.25, 0.3) is 0 Å². The van der Waals surface area contributed by atoms with Crippen molar-refractivity contribution in [2.24, 2.45) is 0 Å². The molecule has 0 aliphatic carbocycles. The molecule has 0 atom stereocenters. The maximum atomic E-state index is 5.30. The summed E-state index contributed by atoms with van der Waals surface area (Å²) >= 11 is 10.6. The van der Waals surface area contributed by atoms with Crippen LogP contribution in [0.2, 0.25) is 0 Å². The molecule has 6 heteroatoms. The van der Waals surface area contributed by atoms with Gasteiger partial charge in [0.05, 0.1) is 0 Å². The maximum Gasteiger partial charge on any atom is 0.189 e. The summed E-state index contributed by atoms with van der Waals surface area (Å²) in [5.41, 5.74) is 11.4. The van der Waals surface area contributed by atoms with Gasteiger partial charge in [-0.1, -0.05) is 38.1 Å². The lowest BCUT2D eigenvalue weighted by atomic mass is 10.0. The second-order valence-electron chi connectivity index (χ2n) is 6.18. The third kappa shape index (κ3) is 5.69. The van der Waals surface area contributed by atoms with Crippen LogP contribution in [0.5, 0.6) is 0 Å². The highest BCUT2D eigenvalue weighted by molar-refractivity contribution is 7.81. The van der Waals surface area contributed by atoms with Gasteiger partial charge < -0.3 is 10.6 Å². The summed E-state index contributed by atoms with van der Waals surface area (Å²) in [5.74, 6) is 0.509.